The molecule has 0 aliphatic carbocycles. The first-order chi connectivity index (χ1) is 3.50. The largest absolute Gasteiger partial charge is 0.587 e. The summed E-state index contributed by atoms with van der Waals surface area (Å²) in [7, 11) is -3.22. The minimum Gasteiger partial charge on any atom is -0.418 e. The van der Waals surface area contributed by atoms with Crippen molar-refractivity contribution in [1.82, 2.24) is 0 Å². The number of rotatable bonds is 2. The molecular weight excluding hydrogens is 134 g/mol. The highest BCUT2D eigenvalue weighted by Crippen LogP contribution is 2.40. The summed E-state index contributed by atoms with van der Waals surface area (Å²) in [4.78, 5) is 8.23. The third kappa shape index (κ3) is 1.94. The topological polar surface area (TPSA) is 87.0 Å². The molecule has 0 saturated heterocycles. The van der Waals surface area contributed by atoms with Gasteiger partial charge in [0.15, 0.2) is 0 Å². The molecule has 0 aliphatic heterocycles. The molecule has 0 heterocycles. The molecule has 1 atom stereocenters. The van der Waals surface area contributed by atoms with E-state index < -0.39 is 14.3 Å². The van der Waals surface area contributed by atoms with Crippen LogP contribution in [0.2, 0.25) is 0 Å². The van der Waals surface area contributed by atoms with Crippen molar-refractivity contribution in [2.75, 3.05) is 7.11 Å². The predicted octanol–water partition coefficient (Wildman–Crippen LogP) is -1.21. The second-order valence-electron chi connectivity index (χ2n) is 1.09. The Morgan fingerprint density at radius 1 is 1.62 bits per heavy atom. The maximum atomic E-state index is 10.1. The molecule has 7 heteroatoms. The summed E-state index contributed by atoms with van der Waals surface area (Å²) in [6.45, 7) is -2.30. The van der Waals surface area contributed by atoms with Gasteiger partial charge in [-0.3, -0.25) is 4.57 Å². The lowest BCUT2D eigenvalue weighted by Gasteiger charge is -2.04. The number of hydrogen-bond acceptors (Lipinski definition) is 4. The Morgan fingerprint density at radius 2 is 2.00 bits per heavy atom. The van der Waals surface area contributed by atoms with Crippen LogP contribution in [-0.2, 0) is 9.09 Å². The molecule has 5 nitrogen and oxygen atoms in total. The molecule has 3 N–H and O–H groups in total. The highest BCUT2D eigenvalue weighted by molar-refractivity contribution is 7.84. The van der Waals surface area contributed by atoms with Crippen LogP contribution in [0.25, 0.3) is 0 Å². The van der Waals surface area contributed by atoms with E-state index in [1.165, 1.54) is 0 Å². The summed E-state index contributed by atoms with van der Waals surface area (Å²) in [5.74, 6) is 0. The van der Waals surface area contributed by atoms with Gasteiger partial charge in [-0.15, -0.1) is 0 Å². The van der Waals surface area contributed by atoms with E-state index >= 15 is 0 Å². The molecular formula is CH6BO5P. The van der Waals surface area contributed by atoms with Crippen molar-refractivity contribution >= 4 is 14.3 Å². The lowest BCUT2D eigenvalue weighted by atomic mass is 10.4. The fraction of sp³-hybridized carbons (Fsp3) is 1.00. The van der Waals surface area contributed by atoms with Crippen molar-refractivity contribution in [3.8, 4) is 0 Å². The summed E-state index contributed by atoms with van der Waals surface area (Å²) in [5.41, 5.74) is 0. The molecule has 0 aromatic carbocycles. The van der Waals surface area contributed by atoms with Gasteiger partial charge in [-0.05, 0) is 0 Å². The summed E-state index contributed by atoms with van der Waals surface area (Å²) in [6, 6.07) is 0. The average Bonchev–Trinajstić information content (AvgIpc) is 1.67. The maximum absolute atomic E-state index is 10.1. The van der Waals surface area contributed by atoms with Gasteiger partial charge in [-0.1, -0.05) is 0 Å². The summed E-state index contributed by atoms with van der Waals surface area (Å²) >= 11 is 0. The highest BCUT2D eigenvalue weighted by Gasteiger charge is 2.34. The van der Waals surface area contributed by atoms with Gasteiger partial charge in [0.25, 0.3) is 0 Å². The van der Waals surface area contributed by atoms with E-state index in [9.17, 15) is 4.57 Å². The van der Waals surface area contributed by atoms with E-state index in [2.05, 4.69) is 4.52 Å². The van der Waals surface area contributed by atoms with Gasteiger partial charge >= 0.3 is 14.3 Å². The van der Waals surface area contributed by atoms with Crippen molar-refractivity contribution in [2.24, 2.45) is 0 Å². The molecule has 0 spiro atoms. The lowest BCUT2D eigenvalue weighted by Crippen LogP contribution is -2.12. The molecule has 0 rings (SSSR count). The van der Waals surface area contributed by atoms with Crippen LogP contribution < -0.4 is 0 Å². The molecule has 0 aromatic heterocycles. The van der Waals surface area contributed by atoms with Gasteiger partial charge in [0, 0.05) is 7.11 Å². The Morgan fingerprint density at radius 3 is 2.00 bits per heavy atom. The van der Waals surface area contributed by atoms with E-state index in [0.29, 0.717) is 0 Å². The zero-order valence-electron chi connectivity index (χ0n) is 4.18. The van der Waals surface area contributed by atoms with E-state index in [1.54, 1.807) is 0 Å². The SMILES string of the molecule is COP(=O)(O)B(O)O. The van der Waals surface area contributed by atoms with Crippen LogP contribution in [0.1, 0.15) is 0 Å². The first-order valence-corrected chi connectivity index (χ1v) is 3.39. The van der Waals surface area contributed by atoms with Crippen LogP contribution in [0.5, 0.6) is 0 Å². The summed E-state index contributed by atoms with van der Waals surface area (Å²) in [5, 5.41) is 16.0. The van der Waals surface area contributed by atoms with Gasteiger partial charge < -0.3 is 19.5 Å². The van der Waals surface area contributed by atoms with Gasteiger partial charge in [-0.25, -0.2) is 0 Å². The van der Waals surface area contributed by atoms with Gasteiger partial charge in [-0.2, -0.15) is 0 Å². The van der Waals surface area contributed by atoms with Crippen LogP contribution in [0.3, 0.4) is 0 Å². The lowest BCUT2D eigenvalue weighted by molar-refractivity contribution is 0.308. The fourth-order valence-electron chi connectivity index (χ4n) is 0.0943. The Bertz CT molecular complexity index is 111. The van der Waals surface area contributed by atoms with Gasteiger partial charge in [0.1, 0.15) is 0 Å². The van der Waals surface area contributed by atoms with E-state index in [4.69, 9.17) is 14.9 Å². The van der Waals surface area contributed by atoms with Crippen LogP contribution >= 0.6 is 7.47 Å². The predicted molar refractivity (Wildman–Crippen MR) is 27.0 cm³/mol. The Kier molecular flexibility index (Phi) is 2.66. The maximum Gasteiger partial charge on any atom is 0.587 e. The Balaban J connectivity index is 3.93. The van der Waals surface area contributed by atoms with Crippen LogP contribution in [-0.4, -0.2) is 28.9 Å². The first kappa shape index (κ1) is 8.13. The fourth-order valence-corrected chi connectivity index (χ4v) is 0.283. The van der Waals surface area contributed by atoms with Crippen molar-refractivity contribution in [3.05, 3.63) is 0 Å². The zero-order valence-corrected chi connectivity index (χ0v) is 5.08. The molecule has 0 fully saturated rings. The molecule has 8 heavy (non-hydrogen) atoms. The second kappa shape index (κ2) is 2.61. The van der Waals surface area contributed by atoms with Crippen LogP contribution in [0.15, 0.2) is 0 Å². The van der Waals surface area contributed by atoms with E-state index in [1.807, 2.05) is 0 Å². The van der Waals surface area contributed by atoms with Gasteiger partial charge in [0.2, 0.25) is 0 Å². The zero-order chi connectivity index (χ0) is 6.78. The smallest absolute Gasteiger partial charge is 0.418 e. The molecule has 48 valence electrons. The Hall–Kier alpha value is 0.135. The van der Waals surface area contributed by atoms with E-state index in [0.717, 1.165) is 7.11 Å². The van der Waals surface area contributed by atoms with Crippen LogP contribution in [0, 0.1) is 0 Å². The minimum absolute atomic E-state index is 0.917. The van der Waals surface area contributed by atoms with Crippen molar-refractivity contribution in [3.63, 3.8) is 0 Å². The van der Waals surface area contributed by atoms with Crippen molar-refractivity contribution in [2.45, 2.75) is 0 Å². The molecule has 0 amide bonds. The minimum atomic E-state index is -4.13. The molecule has 0 aliphatic rings. The van der Waals surface area contributed by atoms with E-state index in [-0.39, 0.29) is 0 Å². The van der Waals surface area contributed by atoms with Crippen molar-refractivity contribution < 1.29 is 24.0 Å². The highest BCUT2D eigenvalue weighted by atomic mass is 31.2. The van der Waals surface area contributed by atoms with Crippen molar-refractivity contribution in [1.29, 1.82) is 0 Å². The molecule has 0 saturated carbocycles. The van der Waals surface area contributed by atoms with Gasteiger partial charge in [0.05, 0.1) is 0 Å². The number of hydrogen-bond donors (Lipinski definition) is 3. The molecule has 0 aromatic rings. The second-order valence-corrected chi connectivity index (χ2v) is 3.05. The standard InChI is InChI=1S/CH6BO5P/c1-7-8(5,6)2(3)4/h3-4H,1H3,(H,5,6). The monoisotopic (exact) mass is 140 g/mol. The Labute approximate surface area is 46.5 Å². The summed E-state index contributed by atoms with van der Waals surface area (Å²) in [6.07, 6.45) is 0. The summed E-state index contributed by atoms with van der Waals surface area (Å²) < 4.78 is 13.9. The van der Waals surface area contributed by atoms with Crippen LogP contribution in [0.4, 0.5) is 0 Å². The third-order valence-electron chi connectivity index (χ3n) is 0.553. The normalized spacial score (nSPS) is 17.5. The quantitative estimate of drug-likeness (QED) is 0.330. The molecule has 1 unspecified atom stereocenters. The first-order valence-electron chi connectivity index (χ1n) is 1.75. The molecule has 0 bridgehead atoms. The molecule has 0 radical (unpaired) electrons. The average molecular weight is 140 g/mol. The third-order valence-corrected chi connectivity index (χ3v) is 1.66.